The molecule has 2 atom stereocenters. The third-order valence-electron chi connectivity index (χ3n) is 4.23. The maximum Gasteiger partial charge on any atom is 0.225 e. The lowest BCUT2D eigenvalue weighted by molar-refractivity contribution is -0.134. The van der Waals surface area contributed by atoms with Crippen LogP contribution in [0, 0.1) is 17.8 Å². The van der Waals surface area contributed by atoms with Crippen molar-refractivity contribution in [3.8, 4) is 0 Å². The zero-order chi connectivity index (χ0) is 15.5. The number of hydrogen-bond acceptors (Lipinski definition) is 3. The molecule has 1 N–H and O–H groups in total. The number of likely N-dealkylation sites (tertiary alicyclic amines) is 1. The van der Waals surface area contributed by atoms with Gasteiger partial charge in [0.1, 0.15) is 0 Å². The van der Waals surface area contributed by atoms with Crippen molar-refractivity contribution >= 4 is 15.9 Å². The Labute approximate surface area is 123 Å². The van der Waals surface area contributed by atoms with Gasteiger partial charge in [-0.2, -0.15) is 0 Å². The Kier molecular flexibility index (Phi) is 6.01. The van der Waals surface area contributed by atoms with Crippen molar-refractivity contribution in [2.24, 2.45) is 17.8 Å². The second-order valence-corrected chi connectivity index (χ2v) is 7.94. The first-order valence-corrected chi connectivity index (χ1v) is 9.34. The number of rotatable bonds is 6. The number of carbonyl (C=O) groups is 1. The molecule has 0 bridgehead atoms. The van der Waals surface area contributed by atoms with Gasteiger partial charge in [-0.25, -0.2) is 13.1 Å². The van der Waals surface area contributed by atoms with Crippen molar-refractivity contribution in [2.45, 2.75) is 46.6 Å². The summed E-state index contributed by atoms with van der Waals surface area (Å²) in [5.41, 5.74) is 0. The van der Waals surface area contributed by atoms with Gasteiger partial charge in [-0.1, -0.05) is 27.7 Å². The smallest absolute Gasteiger partial charge is 0.225 e. The highest BCUT2D eigenvalue weighted by Gasteiger charge is 2.39. The number of carbonyl (C=O) groups excluding carboxylic acids is 1. The summed E-state index contributed by atoms with van der Waals surface area (Å²) < 4.78 is 25.6. The van der Waals surface area contributed by atoms with Crippen LogP contribution in [0.15, 0.2) is 0 Å². The lowest BCUT2D eigenvalue weighted by Gasteiger charge is -2.22. The molecule has 1 amide bonds. The van der Waals surface area contributed by atoms with Crippen LogP contribution in [0.4, 0.5) is 0 Å². The summed E-state index contributed by atoms with van der Waals surface area (Å²) in [6, 6.07) is -0.164. The molecular formula is C14H28N2O3S. The zero-order valence-electron chi connectivity index (χ0n) is 13.2. The summed E-state index contributed by atoms with van der Waals surface area (Å²) in [4.78, 5) is 14.3. The lowest BCUT2D eigenvalue weighted by Crippen LogP contribution is -2.42. The van der Waals surface area contributed by atoms with Crippen molar-refractivity contribution in [3.05, 3.63) is 0 Å². The molecule has 1 aliphatic rings. The normalized spacial score (nSPS) is 23.9. The van der Waals surface area contributed by atoms with E-state index < -0.39 is 10.0 Å². The fraction of sp³-hybridized carbons (Fsp3) is 0.929. The Morgan fingerprint density at radius 2 is 1.80 bits per heavy atom. The number of hydrogen-bond donors (Lipinski definition) is 1. The number of amides is 1. The quantitative estimate of drug-likeness (QED) is 0.808. The van der Waals surface area contributed by atoms with Crippen LogP contribution in [-0.2, 0) is 14.8 Å². The molecule has 1 rings (SSSR count). The minimum Gasteiger partial charge on any atom is -0.340 e. The van der Waals surface area contributed by atoms with E-state index in [0.29, 0.717) is 19.0 Å². The van der Waals surface area contributed by atoms with Gasteiger partial charge in [0.05, 0.1) is 6.26 Å². The van der Waals surface area contributed by atoms with Crippen molar-refractivity contribution < 1.29 is 13.2 Å². The van der Waals surface area contributed by atoms with E-state index in [0.717, 1.165) is 12.8 Å². The molecule has 1 fully saturated rings. The second kappa shape index (κ2) is 6.89. The summed E-state index contributed by atoms with van der Waals surface area (Å²) in [7, 11) is -3.24. The predicted octanol–water partition coefficient (Wildman–Crippen LogP) is 1.45. The number of nitrogens with one attached hydrogen (secondary N) is 1. The molecule has 0 spiro atoms. The molecule has 1 heterocycles. The fourth-order valence-corrected chi connectivity index (χ4v) is 3.78. The van der Waals surface area contributed by atoms with Crippen LogP contribution < -0.4 is 4.72 Å². The van der Waals surface area contributed by atoms with Crippen LogP contribution in [0.2, 0.25) is 0 Å². The molecule has 118 valence electrons. The van der Waals surface area contributed by atoms with E-state index in [1.165, 1.54) is 6.26 Å². The molecule has 0 radical (unpaired) electrons. The lowest BCUT2D eigenvalue weighted by atomic mass is 9.92. The summed E-state index contributed by atoms with van der Waals surface area (Å²) in [5.74, 6) is 0.745. The van der Waals surface area contributed by atoms with Crippen LogP contribution in [-0.4, -0.2) is 44.6 Å². The maximum absolute atomic E-state index is 12.4. The maximum atomic E-state index is 12.4. The van der Waals surface area contributed by atoms with Crippen LogP contribution in [0.25, 0.3) is 0 Å². The summed E-state index contributed by atoms with van der Waals surface area (Å²) in [6.45, 7) is 9.34. The molecule has 1 aliphatic heterocycles. The Morgan fingerprint density at radius 1 is 1.25 bits per heavy atom. The first-order valence-electron chi connectivity index (χ1n) is 7.45. The first-order chi connectivity index (χ1) is 9.19. The van der Waals surface area contributed by atoms with Crippen LogP contribution in [0.5, 0.6) is 0 Å². The second-order valence-electron chi connectivity index (χ2n) is 6.16. The van der Waals surface area contributed by atoms with Gasteiger partial charge in [0.15, 0.2) is 0 Å². The van der Waals surface area contributed by atoms with Crippen molar-refractivity contribution in [3.63, 3.8) is 0 Å². The van der Waals surface area contributed by atoms with Crippen molar-refractivity contribution in [1.29, 1.82) is 0 Å². The molecule has 0 aliphatic carbocycles. The average molecular weight is 304 g/mol. The van der Waals surface area contributed by atoms with E-state index in [1.54, 1.807) is 0 Å². The molecule has 0 aromatic rings. The summed E-state index contributed by atoms with van der Waals surface area (Å²) in [6.07, 6.45) is 2.85. The van der Waals surface area contributed by atoms with Gasteiger partial charge >= 0.3 is 0 Å². The summed E-state index contributed by atoms with van der Waals surface area (Å²) in [5, 5.41) is 0. The van der Waals surface area contributed by atoms with E-state index in [1.807, 2.05) is 18.7 Å². The van der Waals surface area contributed by atoms with Gasteiger partial charge in [-0.15, -0.1) is 0 Å². The van der Waals surface area contributed by atoms with E-state index in [2.05, 4.69) is 18.6 Å². The van der Waals surface area contributed by atoms with E-state index >= 15 is 0 Å². The molecule has 5 nitrogen and oxygen atoms in total. The standard InChI is InChI=1S/C14H28N2O3S/c1-6-11(7-2)14(17)16-8-12(10(3)4)13(9-16)15-20(5,18)19/h10-13,15H,6-9H2,1-5H3/t12-,13+/m1/s1. The van der Waals surface area contributed by atoms with E-state index in [4.69, 9.17) is 0 Å². The van der Waals surface area contributed by atoms with Gasteiger partial charge in [0.25, 0.3) is 0 Å². The number of nitrogens with zero attached hydrogens (tertiary/aromatic N) is 1. The molecule has 20 heavy (non-hydrogen) atoms. The van der Waals surface area contributed by atoms with Crippen LogP contribution in [0.3, 0.4) is 0 Å². The highest BCUT2D eigenvalue weighted by Crippen LogP contribution is 2.27. The van der Waals surface area contributed by atoms with Crippen molar-refractivity contribution in [2.75, 3.05) is 19.3 Å². The fourth-order valence-electron chi connectivity index (χ4n) is 2.98. The zero-order valence-corrected chi connectivity index (χ0v) is 14.0. The molecular weight excluding hydrogens is 276 g/mol. The highest BCUT2D eigenvalue weighted by molar-refractivity contribution is 7.88. The first kappa shape index (κ1) is 17.4. The predicted molar refractivity (Wildman–Crippen MR) is 80.7 cm³/mol. The molecule has 1 saturated heterocycles. The summed E-state index contributed by atoms with van der Waals surface area (Å²) >= 11 is 0. The SMILES string of the molecule is CCC(CC)C(=O)N1C[C@H](NS(C)(=O)=O)[C@@H](C(C)C)C1. The minimum atomic E-state index is -3.24. The van der Waals surface area contributed by atoms with Gasteiger partial charge in [0, 0.05) is 25.0 Å². The third-order valence-corrected chi connectivity index (χ3v) is 4.96. The molecule has 0 aromatic heterocycles. The van der Waals surface area contributed by atoms with Crippen LogP contribution in [0.1, 0.15) is 40.5 Å². The molecule has 0 unspecified atom stereocenters. The minimum absolute atomic E-state index is 0.0554. The van der Waals surface area contributed by atoms with E-state index in [-0.39, 0.29) is 23.8 Å². The third kappa shape index (κ3) is 4.45. The highest BCUT2D eigenvalue weighted by atomic mass is 32.2. The molecule has 0 saturated carbocycles. The molecule has 6 heteroatoms. The topological polar surface area (TPSA) is 66.5 Å². The Balaban J connectivity index is 2.82. The van der Waals surface area contributed by atoms with Crippen LogP contribution >= 0.6 is 0 Å². The van der Waals surface area contributed by atoms with Gasteiger partial charge in [0.2, 0.25) is 15.9 Å². The average Bonchev–Trinajstić information content (AvgIpc) is 2.72. The molecule has 0 aromatic carbocycles. The monoisotopic (exact) mass is 304 g/mol. The Morgan fingerprint density at radius 3 is 2.20 bits per heavy atom. The van der Waals surface area contributed by atoms with Gasteiger partial charge in [-0.05, 0) is 24.7 Å². The number of sulfonamides is 1. The van der Waals surface area contributed by atoms with Gasteiger partial charge < -0.3 is 4.90 Å². The Hall–Kier alpha value is -0.620. The Bertz CT molecular complexity index is 430. The largest absolute Gasteiger partial charge is 0.340 e. The van der Waals surface area contributed by atoms with E-state index in [9.17, 15) is 13.2 Å². The van der Waals surface area contributed by atoms with Crippen molar-refractivity contribution in [1.82, 2.24) is 9.62 Å². The van der Waals surface area contributed by atoms with Gasteiger partial charge in [-0.3, -0.25) is 4.79 Å².